The Morgan fingerprint density at radius 2 is 1.67 bits per heavy atom. The molecule has 0 radical (unpaired) electrons. The Balaban J connectivity index is 1.75. The maximum Gasteiger partial charge on any atom is 0.511 e. The van der Waals surface area contributed by atoms with E-state index in [0.717, 1.165) is 10.8 Å². The number of aryl methyl sites for hydroxylation is 1. The third kappa shape index (κ3) is 6.23. The van der Waals surface area contributed by atoms with E-state index in [2.05, 4.69) is 15.4 Å². The molecule has 0 saturated heterocycles. The summed E-state index contributed by atoms with van der Waals surface area (Å²) in [5.74, 6) is -0.896. The van der Waals surface area contributed by atoms with E-state index in [-0.39, 0.29) is 29.6 Å². The number of anilines is 2. The topological polar surface area (TPSA) is 122 Å². The van der Waals surface area contributed by atoms with E-state index in [9.17, 15) is 14.4 Å². The van der Waals surface area contributed by atoms with Crippen LogP contribution in [-0.4, -0.2) is 39.8 Å². The molecule has 2 aromatic heterocycles. The zero-order valence-corrected chi connectivity index (χ0v) is 22.0. The highest BCUT2D eigenvalue weighted by atomic mass is 16.8. The van der Waals surface area contributed by atoms with Crippen molar-refractivity contribution in [2.45, 2.75) is 46.3 Å². The van der Waals surface area contributed by atoms with Gasteiger partial charge in [-0.25, -0.2) is 14.3 Å². The van der Waals surface area contributed by atoms with Gasteiger partial charge in [0.1, 0.15) is 23.0 Å². The van der Waals surface area contributed by atoms with Gasteiger partial charge in [0, 0.05) is 29.1 Å². The Morgan fingerprint density at radius 1 is 0.949 bits per heavy atom. The van der Waals surface area contributed by atoms with Gasteiger partial charge < -0.3 is 19.5 Å². The predicted molar refractivity (Wildman–Crippen MR) is 147 cm³/mol. The molecule has 39 heavy (non-hydrogen) atoms. The number of hydrogen-bond acceptors (Lipinski definition) is 9. The van der Waals surface area contributed by atoms with Crippen LogP contribution in [0.15, 0.2) is 71.8 Å². The second kappa shape index (κ2) is 12.7. The van der Waals surface area contributed by atoms with Gasteiger partial charge >= 0.3 is 12.1 Å². The molecule has 1 N–H and O–H groups in total. The van der Waals surface area contributed by atoms with E-state index in [1.165, 1.54) is 4.68 Å². The summed E-state index contributed by atoms with van der Waals surface area (Å²) in [5.41, 5.74) is 0.703. The first-order chi connectivity index (χ1) is 19.0. The summed E-state index contributed by atoms with van der Waals surface area (Å²) >= 11 is 0. The predicted octanol–water partition coefficient (Wildman–Crippen LogP) is 5.68. The first-order valence-corrected chi connectivity index (χ1v) is 12.8. The molecule has 0 aliphatic rings. The van der Waals surface area contributed by atoms with Crippen molar-refractivity contribution < 1.29 is 23.8 Å². The molecule has 10 heteroatoms. The summed E-state index contributed by atoms with van der Waals surface area (Å²) in [6.45, 7) is 5.12. The maximum atomic E-state index is 13.5. The second-order valence-corrected chi connectivity index (χ2v) is 8.62. The van der Waals surface area contributed by atoms with Gasteiger partial charge in [-0.2, -0.15) is 5.10 Å². The largest absolute Gasteiger partial charge is 0.511 e. The first kappa shape index (κ1) is 27.3. The van der Waals surface area contributed by atoms with Crippen molar-refractivity contribution >= 4 is 34.3 Å². The van der Waals surface area contributed by atoms with Crippen LogP contribution in [0.3, 0.4) is 0 Å². The Labute approximate surface area is 225 Å². The second-order valence-electron chi connectivity index (χ2n) is 8.62. The lowest BCUT2D eigenvalue weighted by Gasteiger charge is -2.18. The van der Waals surface area contributed by atoms with Crippen molar-refractivity contribution in [1.29, 1.82) is 0 Å². The summed E-state index contributed by atoms with van der Waals surface area (Å²) in [4.78, 5) is 43.3. The molecule has 0 atom stereocenters. The number of ether oxygens (including phenoxy) is 3. The van der Waals surface area contributed by atoms with Crippen LogP contribution in [0.2, 0.25) is 0 Å². The number of benzene rings is 2. The van der Waals surface area contributed by atoms with Crippen LogP contribution in [0.25, 0.3) is 22.0 Å². The number of nitrogens with zero attached hydrogens (tertiary/aromatic N) is 3. The number of fused-ring (bicyclic) bond motifs is 1. The molecule has 0 aliphatic carbocycles. The Morgan fingerprint density at radius 3 is 2.38 bits per heavy atom. The summed E-state index contributed by atoms with van der Waals surface area (Å²) in [6, 6.07) is 16.5. The standard InChI is InChI=1S/C29H30N4O6/c1-4-21(5-2)39-29(36)38-18-37-28(35)24-25(19-12-8-7-9-13-19)32-33(6-3)27(34)26(24)31-23-17-30-16-20-14-10-11-15-22(20)23/h7-17,21,31H,4-6,18H2,1-3H3. The van der Waals surface area contributed by atoms with Crippen LogP contribution in [0.1, 0.15) is 44.0 Å². The van der Waals surface area contributed by atoms with Crippen molar-refractivity contribution in [2.24, 2.45) is 0 Å². The fraction of sp³-hybridized carbons (Fsp3) is 0.276. The molecule has 0 bridgehead atoms. The summed E-state index contributed by atoms with van der Waals surface area (Å²) in [6.07, 6.45) is 3.30. The van der Waals surface area contributed by atoms with Crippen LogP contribution in [0, 0.1) is 0 Å². The number of carbonyl (C=O) groups excluding carboxylic acids is 2. The van der Waals surface area contributed by atoms with Crippen molar-refractivity contribution in [2.75, 3.05) is 12.1 Å². The normalized spacial score (nSPS) is 10.9. The van der Waals surface area contributed by atoms with Gasteiger partial charge in [0.2, 0.25) is 6.79 Å². The van der Waals surface area contributed by atoms with Crippen molar-refractivity contribution in [1.82, 2.24) is 14.8 Å². The van der Waals surface area contributed by atoms with E-state index in [1.54, 1.807) is 43.6 Å². The van der Waals surface area contributed by atoms with Gasteiger partial charge in [0.05, 0.1) is 11.9 Å². The van der Waals surface area contributed by atoms with Gasteiger partial charge in [-0.1, -0.05) is 68.4 Å². The fourth-order valence-corrected chi connectivity index (χ4v) is 4.08. The van der Waals surface area contributed by atoms with E-state index in [4.69, 9.17) is 14.2 Å². The zero-order valence-electron chi connectivity index (χ0n) is 22.0. The molecule has 0 spiro atoms. The smallest absolute Gasteiger partial charge is 0.431 e. The van der Waals surface area contributed by atoms with Crippen LogP contribution in [0.5, 0.6) is 0 Å². The van der Waals surface area contributed by atoms with Crippen molar-refractivity contribution in [3.05, 3.63) is 82.9 Å². The lowest BCUT2D eigenvalue weighted by atomic mass is 10.0. The monoisotopic (exact) mass is 530 g/mol. The van der Waals surface area contributed by atoms with E-state index in [1.807, 2.05) is 44.2 Å². The highest BCUT2D eigenvalue weighted by molar-refractivity contribution is 6.03. The number of hydrogen-bond donors (Lipinski definition) is 1. The first-order valence-electron chi connectivity index (χ1n) is 12.8. The highest BCUT2D eigenvalue weighted by Gasteiger charge is 2.26. The van der Waals surface area contributed by atoms with Crippen LogP contribution in [0.4, 0.5) is 16.2 Å². The fourth-order valence-electron chi connectivity index (χ4n) is 4.08. The van der Waals surface area contributed by atoms with E-state index < -0.39 is 24.5 Å². The molecule has 2 heterocycles. The lowest BCUT2D eigenvalue weighted by Crippen LogP contribution is -2.29. The molecule has 0 saturated carbocycles. The average molecular weight is 531 g/mol. The highest BCUT2D eigenvalue weighted by Crippen LogP contribution is 2.30. The molecular formula is C29H30N4O6. The number of nitrogens with one attached hydrogen (secondary N) is 1. The van der Waals surface area contributed by atoms with Crippen molar-refractivity contribution in [3.63, 3.8) is 0 Å². The van der Waals surface area contributed by atoms with Gasteiger partial charge in [0.15, 0.2) is 0 Å². The lowest BCUT2D eigenvalue weighted by molar-refractivity contribution is -0.0394. The number of aromatic nitrogens is 3. The summed E-state index contributed by atoms with van der Waals surface area (Å²) < 4.78 is 16.7. The minimum Gasteiger partial charge on any atom is -0.431 e. The third-order valence-electron chi connectivity index (χ3n) is 6.17. The molecule has 2 aromatic carbocycles. The Bertz CT molecular complexity index is 1510. The van der Waals surface area contributed by atoms with Crippen LogP contribution < -0.4 is 10.9 Å². The molecule has 4 rings (SSSR count). The molecule has 0 fully saturated rings. The molecule has 0 unspecified atom stereocenters. The summed E-state index contributed by atoms with van der Waals surface area (Å²) in [5, 5.41) is 9.24. The molecule has 0 amide bonds. The molecule has 202 valence electrons. The quantitative estimate of drug-likeness (QED) is 0.204. The minimum absolute atomic E-state index is 0.0338. The number of rotatable bonds is 10. The Kier molecular flexibility index (Phi) is 8.88. The molecule has 10 nitrogen and oxygen atoms in total. The Hall–Kier alpha value is -4.73. The van der Waals surface area contributed by atoms with E-state index in [0.29, 0.717) is 24.1 Å². The minimum atomic E-state index is -0.945. The maximum absolute atomic E-state index is 13.5. The summed E-state index contributed by atoms with van der Waals surface area (Å²) in [7, 11) is 0. The molecular weight excluding hydrogens is 500 g/mol. The number of esters is 1. The molecule has 0 aliphatic heterocycles. The number of carbonyl (C=O) groups is 2. The molecule has 4 aromatic rings. The van der Waals surface area contributed by atoms with Gasteiger partial charge in [-0.05, 0) is 19.8 Å². The van der Waals surface area contributed by atoms with Crippen molar-refractivity contribution in [3.8, 4) is 11.3 Å². The van der Waals surface area contributed by atoms with Crippen LogP contribution in [-0.2, 0) is 20.8 Å². The number of pyridine rings is 1. The van der Waals surface area contributed by atoms with Gasteiger partial charge in [0.25, 0.3) is 5.56 Å². The third-order valence-corrected chi connectivity index (χ3v) is 6.17. The van der Waals surface area contributed by atoms with Gasteiger partial charge in [-0.15, -0.1) is 0 Å². The average Bonchev–Trinajstić information content (AvgIpc) is 2.97. The van der Waals surface area contributed by atoms with Crippen LogP contribution >= 0.6 is 0 Å². The van der Waals surface area contributed by atoms with E-state index >= 15 is 0 Å². The zero-order chi connectivity index (χ0) is 27.8. The van der Waals surface area contributed by atoms with Gasteiger partial charge in [-0.3, -0.25) is 9.78 Å². The SMILES string of the molecule is CCC(CC)OC(=O)OCOC(=O)c1c(-c2ccccc2)nn(CC)c(=O)c1Nc1cncc2ccccc12.